The molecule has 0 aliphatic heterocycles. The molecule has 0 spiro atoms. The lowest BCUT2D eigenvalue weighted by Crippen LogP contribution is -2.11. The summed E-state index contributed by atoms with van der Waals surface area (Å²) in [6.45, 7) is 4.24. The Morgan fingerprint density at radius 1 is 1.75 bits per heavy atom. The first-order chi connectivity index (χ1) is 3.91. The molecule has 0 saturated carbocycles. The molecule has 45 valence electrons. The van der Waals surface area contributed by atoms with Crippen LogP contribution in [0.1, 0.15) is 12.8 Å². The van der Waals surface area contributed by atoms with E-state index >= 15 is 0 Å². The minimum Gasteiger partial charge on any atom is -0.348 e. The molecular weight excluding hydrogens is 102 g/mol. The lowest BCUT2D eigenvalue weighted by Gasteiger charge is -1.90. The van der Waals surface area contributed by atoms with Gasteiger partial charge in [-0.3, -0.25) is 4.79 Å². The largest absolute Gasteiger partial charge is 0.348 e. The van der Waals surface area contributed by atoms with Crippen LogP contribution >= 0.6 is 0 Å². The molecule has 2 heteroatoms. The van der Waals surface area contributed by atoms with Crippen molar-refractivity contribution in [1.29, 1.82) is 0 Å². The lowest BCUT2D eigenvalue weighted by atomic mass is 10.3. The molecule has 0 aromatic rings. The summed E-state index contributed by atoms with van der Waals surface area (Å²) in [4.78, 5) is 9.51. The van der Waals surface area contributed by atoms with Crippen LogP contribution in [0.15, 0.2) is 12.7 Å². The van der Waals surface area contributed by atoms with Crippen LogP contribution in [0.2, 0.25) is 0 Å². The van der Waals surface area contributed by atoms with Gasteiger partial charge in [-0.1, -0.05) is 6.08 Å². The molecule has 0 aliphatic rings. The molecule has 0 rings (SSSR count). The summed E-state index contributed by atoms with van der Waals surface area (Å²) >= 11 is 0. The third-order valence-electron chi connectivity index (χ3n) is 0.782. The van der Waals surface area contributed by atoms with Gasteiger partial charge in [0.05, 0.1) is 0 Å². The summed E-state index contributed by atoms with van der Waals surface area (Å²) < 4.78 is 0. The second-order valence-corrected chi connectivity index (χ2v) is 1.46. The van der Waals surface area contributed by atoms with E-state index in [1.807, 2.05) is 6.08 Å². The van der Waals surface area contributed by atoms with Crippen molar-refractivity contribution in [3.8, 4) is 0 Å². The minimum absolute atomic E-state index is 0.704. The van der Waals surface area contributed by atoms with E-state index in [9.17, 15) is 4.79 Å². The van der Waals surface area contributed by atoms with Gasteiger partial charge >= 0.3 is 6.41 Å². The van der Waals surface area contributed by atoms with Gasteiger partial charge in [-0.15, -0.1) is 6.58 Å². The van der Waals surface area contributed by atoms with Gasteiger partial charge in [0.2, 0.25) is 0 Å². The van der Waals surface area contributed by atoms with Gasteiger partial charge < -0.3 is 5.32 Å². The van der Waals surface area contributed by atoms with E-state index in [4.69, 9.17) is 0 Å². The molecule has 8 heavy (non-hydrogen) atoms. The third-order valence-corrected chi connectivity index (χ3v) is 0.782. The van der Waals surface area contributed by atoms with Crippen molar-refractivity contribution in [2.75, 3.05) is 6.54 Å². The van der Waals surface area contributed by atoms with Crippen molar-refractivity contribution in [2.45, 2.75) is 12.8 Å². The molecule has 1 N–H and O–H groups in total. The van der Waals surface area contributed by atoms with Crippen LogP contribution in [0.25, 0.3) is 0 Å². The molecule has 0 heterocycles. The third kappa shape index (κ3) is 5.21. The molecule has 1 radical (unpaired) electrons. The van der Waals surface area contributed by atoms with E-state index in [0.717, 1.165) is 12.8 Å². The molecule has 0 aromatic heterocycles. The van der Waals surface area contributed by atoms with E-state index in [1.165, 1.54) is 0 Å². The lowest BCUT2D eigenvalue weighted by molar-refractivity contribution is 0.540. The summed E-state index contributed by atoms with van der Waals surface area (Å²) in [5.74, 6) is 0. The maximum atomic E-state index is 9.51. The van der Waals surface area contributed by atoms with E-state index in [1.54, 1.807) is 6.41 Å². The van der Waals surface area contributed by atoms with Crippen LogP contribution in [0.4, 0.5) is 0 Å². The number of hydrogen-bond acceptors (Lipinski definition) is 1. The van der Waals surface area contributed by atoms with Gasteiger partial charge in [-0.25, -0.2) is 0 Å². The quantitative estimate of drug-likeness (QED) is 0.315. The molecule has 0 unspecified atom stereocenters. The maximum absolute atomic E-state index is 9.51. The van der Waals surface area contributed by atoms with Gasteiger partial charge in [0.1, 0.15) is 0 Å². The van der Waals surface area contributed by atoms with E-state index in [0.29, 0.717) is 6.54 Å². The SMILES string of the molecule is C=CCCCN[C]=O. The summed E-state index contributed by atoms with van der Waals surface area (Å²) in [6.07, 6.45) is 5.33. The summed E-state index contributed by atoms with van der Waals surface area (Å²) in [5, 5.41) is 2.43. The van der Waals surface area contributed by atoms with Crippen LogP contribution in [0.5, 0.6) is 0 Å². The molecule has 2 nitrogen and oxygen atoms in total. The van der Waals surface area contributed by atoms with Crippen molar-refractivity contribution in [3.05, 3.63) is 12.7 Å². The summed E-state index contributed by atoms with van der Waals surface area (Å²) in [5.41, 5.74) is 0. The Balaban J connectivity index is 2.71. The minimum atomic E-state index is 0.704. The fourth-order valence-electron chi connectivity index (χ4n) is 0.386. The Kier molecular flexibility index (Phi) is 5.60. The van der Waals surface area contributed by atoms with E-state index in [-0.39, 0.29) is 0 Å². The molecule has 0 aromatic carbocycles. The number of allylic oxidation sites excluding steroid dienone is 1. The first-order valence-corrected chi connectivity index (χ1v) is 2.62. The predicted molar refractivity (Wildman–Crippen MR) is 33.1 cm³/mol. The predicted octanol–water partition coefficient (Wildman–Crippen LogP) is 0.609. The molecule has 0 fully saturated rings. The van der Waals surface area contributed by atoms with Crippen LogP contribution in [-0.2, 0) is 4.79 Å². The van der Waals surface area contributed by atoms with Crippen molar-refractivity contribution >= 4 is 6.41 Å². The van der Waals surface area contributed by atoms with E-state index in [2.05, 4.69) is 11.9 Å². The van der Waals surface area contributed by atoms with Gasteiger partial charge in [-0.2, -0.15) is 0 Å². The molecule has 1 amide bonds. The Morgan fingerprint density at radius 2 is 2.50 bits per heavy atom. The van der Waals surface area contributed by atoms with E-state index < -0.39 is 0 Å². The Labute approximate surface area is 49.6 Å². The average Bonchev–Trinajstić information content (AvgIpc) is 1.81. The number of nitrogens with one attached hydrogen (secondary N) is 1. The monoisotopic (exact) mass is 112 g/mol. The fourth-order valence-corrected chi connectivity index (χ4v) is 0.386. The van der Waals surface area contributed by atoms with Gasteiger partial charge in [0.25, 0.3) is 0 Å². The van der Waals surface area contributed by atoms with Crippen molar-refractivity contribution < 1.29 is 4.79 Å². The first-order valence-electron chi connectivity index (χ1n) is 2.62. The van der Waals surface area contributed by atoms with Crippen molar-refractivity contribution in [2.24, 2.45) is 0 Å². The summed E-state index contributed by atoms with van der Waals surface area (Å²) in [6, 6.07) is 0. The highest BCUT2D eigenvalue weighted by Gasteiger charge is 1.79. The highest BCUT2D eigenvalue weighted by molar-refractivity contribution is 5.46. The fraction of sp³-hybridized carbons (Fsp3) is 0.500. The zero-order chi connectivity index (χ0) is 6.24. The van der Waals surface area contributed by atoms with Crippen LogP contribution < -0.4 is 5.32 Å². The second kappa shape index (κ2) is 6.21. The maximum Gasteiger partial charge on any atom is 0.309 e. The Bertz CT molecular complexity index is 60.9. The van der Waals surface area contributed by atoms with Crippen molar-refractivity contribution in [3.63, 3.8) is 0 Å². The second-order valence-electron chi connectivity index (χ2n) is 1.46. The van der Waals surface area contributed by atoms with Gasteiger partial charge in [-0.05, 0) is 12.8 Å². The van der Waals surface area contributed by atoms with Crippen LogP contribution in [-0.4, -0.2) is 13.0 Å². The average molecular weight is 112 g/mol. The smallest absolute Gasteiger partial charge is 0.309 e. The summed E-state index contributed by atoms with van der Waals surface area (Å²) in [7, 11) is 0. The number of carbonyl (C=O) groups excluding carboxylic acids is 1. The zero-order valence-electron chi connectivity index (χ0n) is 4.81. The number of unbranched alkanes of at least 4 members (excludes halogenated alkanes) is 1. The number of rotatable bonds is 5. The molecular formula is C6H10NO. The highest BCUT2D eigenvalue weighted by atomic mass is 16.1. The molecule has 0 atom stereocenters. The van der Waals surface area contributed by atoms with Gasteiger partial charge in [0.15, 0.2) is 0 Å². The highest BCUT2D eigenvalue weighted by Crippen LogP contribution is 1.84. The first kappa shape index (κ1) is 7.21. The van der Waals surface area contributed by atoms with Crippen molar-refractivity contribution in [1.82, 2.24) is 5.32 Å². The standard InChI is InChI=1S/C6H10NO/c1-2-3-4-5-7-6-8/h2H,1,3-5H2,(H,7,8). The Morgan fingerprint density at radius 3 is 3.00 bits per heavy atom. The zero-order valence-corrected chi connectivity index (χ0v) is 4.81. The van der Waals surface area contributed by atoms with Gasteiger partial charge in [0, 0.05) is 6.54 Å². The number of amides is 1. The normalized spacial score (nSPS) is 8.00. The topological polar surface area (TPSA) is 29.1 Å². The number of hydrogen-bond donors (Lipinski definition) is 1. The Hall–Kier alpha value is -0.790. The van der Waals surface area contributed by atoms with Crippen LogP contribution in [0, 0.1) is 0 Å². The molecule has 0 bridgehead atoms. The van der Waals surface area contributed by atoms with Crippen LogP contribution in [0.3, 0.4) is 0 Å². The molecule has 0 aliphatic carbocycles. The molecule has 0 saturated heterocycles.